The van der Waals surface area contributed by atoms with Crippen molar-refractivity contribution in [1.29, 1.82) is 0 Å². The largest absolute Gasteiger partial charge is 0.213 e. The van der Waals surface area contributed by atoms with E-state index in [1.54, 1.807) is 0 Å². The Labute approximate surface area is 163 Å². The Morgan fingerprint density at radius 2 is 1.36 bits per heavy atom. The summed E-state index contributed by atoms with van der Waals surface area (Å²) < 4.78 is 2.22. The minimum atomic E-state index is 1.25. The topological polar surface area (TPSA) is 3.88 Å². The first-order valence-corrected chi connectivity index (χ1v) is 9.78. The Kier molecular flexibility index (Phi) is 3.08. The van der Waals surface area contributed by atoms with Gasteiger partial charge < -0.3 is 0 Å². The van der Waals surface area contributed by atoms with E-state index in [2.05, 4.69) is 104 Å². The molecule has 0 N–H and O–H groups in total. The van der Waals surface area contributed by atoms with Gasteiger partial charge in [0, 0.05) is 12.1 Å². The predicted molar refractivity (Wildman–Crippen MR) is 119 cm³/mol. The van der Waals surface area contributed by atoms with Crippen LogP contribution in [0.15, 0.2) is 85.1 Å². The lowest BCUT2D eigenvalue weighted by Crippen LogP contribution is -2.30. The molecule has 0 bridgehead atoms. The van der Waals surface area contributed by atoms with Gasteiger partial charge >= 0.3 is 0 Å². The van der Waals surface area contributed by atoms with Crippen molar-refractivity contribution in [3.8, 4) is 11.3 Å². The Balaban J connectivity index is 1.95. The summed E-state index contributed by atoms with van der Waals surface area (Å²) in [5, 5.41) is 10.8. The third kappa shape index (κ3) is 1.94. The lowest BCUT2D eigenvalue weighted by Gasteiger charge is -2.18. The van der Waals surface area contributed by atoms with E-state index in [9.17, 15) is 0 Å². The molecule has 1 heteroatoms. The standard InChI is InChI=1S/C27H20N/c1-17-16-23-20-10-4-3-9-19(20)21-11-7-8-18-13-14-22(27(23)26(18)21)25(17)24-12-5-6-15-28(24)2/h3-16H,1-2H3/q+1. The number of pyridine rings is 1. The van der Waals surface area contributed by atoms with E-state index < -0.39 is 0 Å². The molecule has 1 heterocycles. The van der Waals surface area contributed by atoms with Crippen LogP contribution >= 0.6 is 0 Å². The van der Waals surface area contributed by atoms with Crippen LogP contribution in [0.25, 0.3) is 54.3 Å². The summed E-state index contributed by atoms with van der Waals surface area (Å²) in [5.74, 6) is 0. The molecule has 0 unspecified atom stereocenters. The molecule has 5 aromatic carbocycles. The molecular formula is C27H20N+. The fourth-order valence-electron chi connectivity index (χ4n) is 4.95. The number of aryl methyl sites for hydroxylation is 2. The zero-order valence-electron chi connectivity index (χ0n) is 16.0. The van der Waals surface area contributed by atoms with Crippen molar-refractivity contribution in [3.05, 3.63) is 90.6 Å². The Morgan fingerprint density at radius 1 is 0.607 bits per heavy atom. The normalized spacial score (nSPS) is 11.9. The van der Waals surface area contributed by atoms with E-state index in [0.29, 0.717) is 0 Å². The predicted octanol–water partition coefficient (Wildman–Crippen LogP) is 6.54. The van der Waals surface area contributed by atoms with Crippen LogP contribution in [-0.4, -0.2) is 0 Å². The van der Waals surface area contributed by atoms with E-state index in [1.165, 1.54) is 59.9 Å². The number of nitrogens with zero attached hydrogens (tertiary/aromatic N) is 1. The van der Waals surface area contributed by atoms with Crippen molar-refractivity contribution in [3.63, 3.8) is 0 Å². The minimum Gasteiger partial charge on any atom is -0.201 e. The Hall–Kier alpha value is -3.45. The van der Waals surface area contributed by atoms with Crippen LogP contribution in [0.5, 0.6) is 0 Å². The fourth-order valence-corrected chi connectivity index (χ4v) is 4.95. The van der Waals surface area contributed by atoms with Gasteiger partial charge in [0.15, 0.2) is 6.20 Å². The first-order valence-electron chi connectivity index (χ1n) is 9.78. The van der Waals surface area contributed by atoms with E-state index in [1.807, 2.05) is 0 Å². The number of aromatic nitrogens is 1. The highest BCUT2D eigenvalue weighted by Crippen LogP contribution is 2.44. The summed E-state index contributed by atoms with van der Waals surface area (Å²) >= 11 is 0. The molecule has 0 aliphatic heterocycles. The maximum atomic E-state index is 2.39. The van der Waals surface area contributed by atoms with Gasteiger partial charge in [-0.1, -0.05) is 54.6 Å². The van der Waals surface area contributed by atoms with Gasteiger partial charge in [-0.2, -0.15) is 0 Å². The molecule has 6 aromatic rings. The second kappa shape index (κ2) is 5.53. The second-order valence-electron chi connectivity index (χ2n) is 7.75. The van der Waals surface area contributed by atoms with Crippen LogP contribution in [0.1, 0.15) is 5.56 Å². The van der Waals surface area contributed by atoms with E-state index in [0.717, 1.165) is 0 Å². The molecule has 0 aliphatic rings. The molecule has 1 nitrogen and oxygen atoms in total. The van der Waals surface area contributed by atoms with Gasteiger partial charge in [-0.05, 0) is 67.7 Å². The van der Waals surface area contributed by atoms with Crippen LogP contribution < -0.4 is 4.57 Å². The van der Waals surface area contributed by atoms with Crippen LogP contribution in [0.3, 0.4) is 0 Å². The maximum absolute atomic E-state index is 2.39. The number of fused-ring (bicyclic) bond motifs is 3. The highest BCUT2D eigenvalue weighted by Gasteiger charge is 2.20. The van der Waals surface area contributed by atoms with Crippen molar-refractivity contribution < 1.29 is 4.57 Å². The molecule has 0 radical (unpaired) electrons. The molecule has 0 spiro atoms. The van der Waals surface area contributed by atoms with Gasteiger partial charge in [-0.25, -0.2) is 4.57 Å². The average molecular weight is 358 g/mol. The number of hydrogen-bond donors (Lipinski definition) is 0. The average Bonchev–Trinajstić information content (AvgIpc) is 2.73. The van der Waals surface area contributed by atoms with Gasteiger partial charge in [0.25, 0.3) is 0 Å². The van der Waals surface area contributed by atoms with Crippen molar-refractivity contribution in [2.75, 3.05) is 0 Å². The highest BCUT2D eigenvalue weighted by molar-refractivity contribution is 6.35. The molecule has 0 amide bonds. The number of rotatable bonds is 1. The van der Waals surface area contributed by atoms with E-state index >= 15 is 0 Å². The number of benzene rings is 5. The van der Waals surface area contributed by atoms with Crippen molar-refractivity contribution in [2.45, 2.75) is 6.92 Å². The van der Waals surface area contributed by atoms with Gasteiger partial charge in [-0.3, -0.25) is 0 Å². The maximum Gasteiger partial charge on any atom is 0.213 e. The molecule has 28 heavy (non-hydrogen) atoms. The second-order valence-corrected chi connectivity index (χ2v) is 7.75. The summed E-state index contributed by atoms with van der Waals surface area (Å²) in [7, 11) is 2.13. The molecule has 6 rings (SSSR count). The third-order valence-corrected chi connectivity index (χ3v) is 6.16. The van der Waals surface area contributed by atoms with Crippen molar-refractivity contribution >= 4 is 43.1 Å². The van der Waals surface area contributed by atoms with Gasteiger partial charge in [0.2, 0.25) is 5.69 Å². The minimum absolute atomic E-state index is 1.25. The zero-order chi connectivity index (χ0) is 18.8. The lowest BCUT2D eigenvalue weighted by atomic mass is 9.85. The van der Waals surface area contributed by atoms with E-state index in [-0.39, 0.29) is 0 Å². The number of hydrogen-bond acceptors (Lipinski definition) is 0. The summed E-state index contributed by atoms with van der Waals surface area (Å²) in [4.78, 5) is 0. The smallest absolute Gasteiger partial charge is 0.201 e. The van der Waals surface area contributed by atoms with Crippen molar-refractivity contribution in [2.24, 2.45) is 7.05 Å². The van der Waals surface area contributed by atoms with Crippen LogP contribution in [-0.2, 0) is 7.05 Å². The fraction of sp³-hybridized carbons (Fsp3) is 0.0741. The third-order valence-electron chi connectivity index (χ3n) is 6.16. The first kappa shape index (κ1) is 15.6. The highest BCUT2D eigenvalue weighted by atomic mass is 14.9. The van der Waals surface area contributed by atoms with E-state index in [4.69, 9.17) is 0 Å². The van der Waals surface area contributed by atoms with Crippen molar-refractivity contribution in [1.82, 2.24) is 0 Å². The summed E-state index contributed by atoms with van der Waals surface area (Å²) in [6, 6.07) is 28.9. The molecule has 0 fully saturated rings. The molecule has 1 aromatic heterocycles. The lowest BCUT2D eigenvalue weighted by molar-refractivity contribution is -0.660. The Morgan fingerprint density at radius 3 is 2.18 bits per heavy atom. The molecule has 0 atom stereocenters. The summed E-state index contributed by atoms with van der Waals surface area (Å²) in [6.45, 7) is 2.24. The van der Waals surface area contributed by atoms with Gasteiger partial charge in [-0.15, -0.1) is 0 Å². The quantitative estimate of drug-likeness (QED) is 0.178. The molecule has 132 valence electrons. The SMILES string of the molecule is Cc1cc2c3ccccc3c3cccc4ccc(c1-c1cccc[n+]1C)c2c43. The monoisotopic (exact) mass is 358 g/mol. The molecular weight excluding hydrogens is 338 g/mol. The molecule has 0 aliphatic carbocycles. The summed E-state index contributed by atoms with van der Waals surface area (Å²) in [5.41, 5.74) is 3.90. The van der Waals surface area contributed by atoms with Crippen LogP contribution in [0.4, 0.5) is 0 Å². The van der Waals surface area contributed by atoms with Crippen LogP contribution in [0, 0.1) is 6.92 Å². The zero-order valence-corrected chi connectivity index (χ0v) is 16.0. The summed E-state index contributed by atoms with van der Waals surface area (Å²) in [6.07, 6.45) is 2.13. The first-order chi connectivity index (χ1) is 13.7. The Bertz CT molecular complexity index is 1520. The molecule has 0 saturated heterocycles. The van der Waals surface area contributed by atoms with Crippen LogP contribution in [0.2, 0.25) is 0 Å². The van der Waals surface area contributed by atoms with Gasteiger partial charge in [0.1, 0.15) is 7.05 Å². The molecule has 0 saturated carbocycles. The van der Waals surface area contributed by atoms with Gasteiger partial charge in [0.05, 0.1) is 5.56 Å².